The van der Waals surface area contributed by atoms with Crippen LogP contribution in [0.4, 0.5) is 17.6 Å². The van der Waals surface area contributed by atoms with Crippen LogP contribution in [0.5, 0.6) is 0 Å². The number of alkyl halides is 3. The summed E-state index contributed by atoms with van der Waals surface area (Å²) in [7, 11) is 0. The first kappa shape index (κ1) is 15.4. The van der Waals surface area contributed by atoms with E-state index in [0.29, 0.717) is 19.2 Å². The number of hydrogen-bond acceptors (Lipinski definition) is 2. The standard InChI is InChI=1S/C12H14F4N2O/c1-2-17-6-7-18-11(19)8-4-3-5-9(10(8)13)12(14,15)16/h3-5,17H,2,6-7H2,1H3,(H,18,19). The van der Waals surface area contributed by atoms with E-state index in [1.165, 1.54) is 0 Å². The molecule has 0 aromatic heterocycles. The molecule has 0 unspecified atom stereocenters. The van der Waals surface area contributed by atoms with Gasteiger partial charge in [0.15, 0.2) is 0 Å². The van der Waals surface area contributed by atoms with Gasteiger partial charge in [-0.2, -0.15) is 13.2 Å². The van der Waals surface area contributed by atoms with Crippen molar-refractivity contribution in [1.29, 1.82) is 0 Å². The van der Waals surface area contributed by atoms with Crippen molar-refractivity contribution in [1.82, 2.24) is 10.6 Å². The molecule has 1 aromatic carbocycles. The second-order valence-corrected chi connectivity index (χ2v) is 3.77. The monoisotopic (exact) mass is 278 g/mol. The number of nitrogens with one attached hydrogen (secondary N) is 2. The molecule has 0 aliphatic heterocycles. The molecule has 7 heteroatoms. The molecule has 3 nitrogen and oxygen atoms in total. The summed E-state index contributed by atoms with van der Waals surface area (Å²) in [6, 6.07) is 2.63. The number of amides is 1. The van der Waals surface area contributed by atoms with Gasteiger partial charge in [0.05, 0.1) is 11.1 Å². The highest BCUT2D eigenvalue weighted by molar-refractivity contribution is 5.94. The van der Waals surface area contributed by atoms with Gasteiger partial charge in [0, 0.05) is 13.1 Å². The van der Waals surface area contributed by atoms with E-state index in [1.807, 2.05) is 6.92 Å². The van der Waals surface area contributed by atoms with E-state index >= 15 is 0 Å². The first-order valence-corrected chi connectivity index (χ1v) is 5.72. The van der Waals surface area contributed by atoms with Crippen LogP contribution in [0.2, 0.25) is 0 Å². The Morgan fingerprint density at radius 2 is 1.95 bits per heavy atom. The van der Waals surface area contributed by atoms with E-state index < -0.39 is 29.0 Å². The van der Waals surface area contributed by atoms with E-state index in [4.69, 9.17) is 0 Å². The molecule has 1 amide bonds. The molecule has 0 heterocycles. The summed E-state index contributed by atoms with van der Waals surface area (Å²) in [6.45, 7) is 3.24. The maximum atomic E-state index is 13.6. The Balaban J connectivity index is 2.81. The summed E-state index contributed by atoms with van der Waals surface area (Å²) in [5.74, 6) is -2.41. The van der Waals surface area contributed by atoms with Crippen molar-refractivity contribution in [3.05, 3.63) is 35.1 Å². The summed E-state index contributed by atoms with van der Waals surface area (Å²) < 4.78 is 51.0. The molecule has 0 saturated heterocycles. The van der Waals surface area contributed by atoms with Crippen LogP contribution < -0.4 is 10.6 Å². The van der Waals surface area contributed by atoms with Gasteiger partial charge in [-0.25, -0.2) is 4.39 Å². The molecule has 0 spiro atoms. The third-order valence-electron chi connectivity index (χ3n) is 2.39. The van der Waals surface area contributed by atoms with Crippen molar-refractivity contribution in [3.63, 3.8) is 0 Å². The molecule has 0 aliphatic rings. The average molecular weight is 278 g/mol. The minimum absolute atomic E-state index is 0.211. The SMILES string of the molecule is CCNCCNC(=O)c1cccc(C(F)(F)F)c1F. The van der Waals surface area contributed by atoms with Crippen LogP contribution in [0, 0.1) is 5.82 Å². The smallest absolute Gasteiger partial charge is 0.351 e. The Labute approximate surface area is 108 Å². The molecular weight excluding hydrogens is 264 g/mol. The van der Waals surface area contributed by atoms with Gasteiger partial charge in [-0.05, 0) is 18.7 Å². The summed E-state index contributed by atoms with van der Waals surface area (Å²) in [5.41, 5.74) is -2.04. The van der Waals surface area contributed by atoms with Crippen molar-refractivity contribution in [2.24, 2.45) is 0 Å². The zero-order valence-corrected chi connectivity index (χ0v) is 10.3. The van der Waals surface area contributed by atoms with E-state index in [1.54, 1.807) is 0 Å². The van der Waals surface area contributed by atoms with Gasteiger partial charge in [-0.15, -0.1) is 0 Å². The maximum Gasteiger partial charge on any atom is 0.419 e. The van der Waals surface area contributed by atoms with Crippen LogP contribution in [0.3, 0.4) is 0 Å². The average Bonchev–Trinajstić information content (AvgIpc) is 2.33. The zero-order valence-electron chi connectivity index (χ0n) is 10.3. The number of carbonyl (C=O) groups is 1. The lowest BCUT2D eigenvalue weighted by Gasteiger charge is -2.11. The number of benzene rings is 1. The molecule has 0 aliphatic carbocycles. The van der Waals surface area contributed by atoms with Crippen LogP contribution in [0.25, 0.3) is 0 Å². The summed E-state index contributed by atoms with van der Waals surface area (Å²) >= 11 is 0. The van der Waals surface area contributed by atoms with Crippen LogP contribution in [-0.2, 0) is 6.18 Å². The van der Waals surface area contributed by atoms with E-state index in [9.17, 15) is 22.4 Å². The quantitative estimate of drug-likeness (QED) is 0.640. The molecule has 1 aromatic rings. The molecule has 0 saturated carbocycles. The van der Waals surface area contributed by atoms with Gasteiger partial charge >= 0.3 is 6.18 Å². The molecule has 0 atom stereocenters. The summed E-state index contributed by atoms with van der Waals surface area (Å²) in [4.78, 5) is 11.6. The number of hydrogen-bond donors (Lipinski definition) is 2. The number of rotatable bonds is 5. The molecule has 0 fully saturated rings. The highest BCUT2D eigenvalue weighted by Gasteiger charge is 2.35. The molecular formula is C12H14F4N2O. The Kier molecular flexibility index (Phi) is 5.29. The minimum atomic E-state index is -4.82. The van der Waals surface area contributed by atoms with Crippen LogP contribution in [0.15, 0.2) is 18.2 Å². The Bertz CT molecular complexity index is 446. The van der Waals surface area contributed by atoms with E-state index in [2.05, 4.69) is 10.6 Å². The Hall–Kier alpha value is -1.63. The number of halogens is 4. The molecule has 19 heavy (non-hydrogen) atoms. The van der Waals surface area contributed by atoms with Crippen LogP contribution >= 0.6 is 0 Å². The lowest BCUT2D eigenvalue weighted by Crippen LogP contribution is -2.32. The number of carbonyl (C=O) groups excluding carboxylic acids is 1. The Morgan fingerprint density at radius 1 is 1.26 bits per heavy atom. The van der Waals surface area contributed by atoms with Gasteiger partial charge < -0.3 is 10.6 Å². The van der Waals surface area contributed by atoms with Gasteiger partial charge in [-0.3, -0.25) is 4.79 Å². The Morgan fingerprint density at radius 3 is 2.53 bits per heavy atom. The fraction of sp³-hybridized carbons (Fsp3) is 0.417. The normalized spacial score (nSPS) is 11.4. The van der Waals surface area contributed by atoms with Crippen molar-refractivity contribution in [2.75, 3.05) is 19.6 Å². The van der Waals surface area contributed by atoms with Crippen LogP contribution in [0.1, 0.15) is 22.8 Å². The molecule has 2 N–H and O–H groups in total. The highest BCUT2D eigenvalue weighted by Crippen LogP contribution is 2.32. The first-order valence-electron chi connectivity index (χ1n) is 5.72. The lowest BCUT2D eigenvalue weighted by molar-refractivity contribution is -0.140. The van der Waals surface area contributed by atoms with Gasteiger partial charge in [0.25, 0.3) is 5.91 Å². The van der Waals surface area contributed by atoms with Crippen molar-refractivity contribution < 1.29 is 22.4 Å². The molecule has 1 rings (SSSR count). The number of likely N-dealkylation sites (N-methyl/N-ethyl adjacent to an activating group) is 1. The third kappa shape index (κ3) is 4.20. The van der Waals surface area contributed by atoms with E-state index in [-0.39, 0.29) is 6.54 Å². The fourth-order valence-corrected chi connectivity index (χ4v) is 1.46. The summed E-state index contributed by atoms with van der Waals surface area (Å²) in [5, 5.41) is 5.26. The molecule has 106 valence electrons. The molecule has 0 radical (unpaired) electrons. The fourth-order valence-electron chi connectivity index (χ4n) is 1.46. The third-order valence-corrected chi connectivity index (χ3v) is 2.39. The van der Waals surface area contributed by atoms with Gasteiger partial charge in [0.2, 0.25) is 0 Å². The van der Waals surface area contributed by atoms with Crippen LogP contribution in [-0.4, -0.2) is 25.5 Å². The topological polar surface area (TPSA) is 41.1 Å². The van der Waals surface area contributed by atoms with Gasteiger partial charge in [0.1, 0.15) is 5.82 Å². The first-order chi connectivity index (χ1) is 8.88. The maximum absolute atomic E-state index is 13.6. The highest BCUT2D eigenvalue weighted by atomic mass is 19.4. The second-order valence-electron chi connectivity index (χ2n) is 3.77. The van der Waals surface area contributed by atoms with E-state index in [0.717, 1.165) is 12.1 Å². The van der Waals surface area contributed by atoms with Crippen molar-refractivity contribution in [3.8, 4) is 0 Å². The summed E-state index contributed by atoms with van der Waals surface area (Å²) in [6.07, 6.45) is -4.82. The molecule has 0 bridgehead atoms. The largest absolute Gasteiger partial charge is 0.419 e. The minimum Gasteiger partial charge on any atom is -0.351 e. The zero-order chi connectivity index (χ0) is 14.5. The van der Waals surface area contributed by atoms with Gasteiger partial charge in [-0.1, -0.05) is 13.0 Å². The predicted octanol–water partition coefficient (Wildman–Crippen LogP) is 2.18. The lowest BCUT2D eigenvalue weighted by atomic mass is 10.1. The predicted molar refractivity (Wildman–Crippen MR) is 62.3 cm³/mol. The second kappa shape index (κ2) is 6.51. The van der Waals surface area contributed by atoms with Crippen molar-refractivity contribution >= 4 is 5.91 Å². The van der Waals surface area contributed by atoms with Crippen molar-refractivity contribution in [2.45, 2.75) is 13.1 Å².